The lowest BCUT2D eigenvalue weighted by atomic mass is 10.1. The maximum absolute atomic E-state index is 13.2. The van der Waals surface area contributed by atoms with Crippen LogP contribution in [0.25, 0.3) is 6.08 Å². The number of Topliss-reactive ketones (excluding diaryl/α,β-unsaturated/α-hetero) is 1. The first kappa shape index (κ1) is 23.0. The fraction of sp³-hybridized carbons (Fsp3) is 0.273. The van der Waals surface area contributed by atoms with Gasteiger partial charge in [-0.2, -0.15) is 13.2 Å². The number of para-hydroxylation sites is 1. The van der Waals surface area contributed by atoms with Gasteiger partial charge in [0, 0.05) is 0 Å². The molecule has 0 unspecified atom stereocenters. The van der Waals surface area contributed by atoms with Gasteiger partial charge in [-0.1, -0.05) is 25.1 Å². The Hall–Kier alpha value is -3.29. The second-order valence-electron chi connectivity index (χ2n) is 6.37. The minimum atomic E-state index is -4.65. The van der Waals surface area contributed by atoms with Crippen molar-refractivity contribution >= 4 is 23.5 Å². The molecule has 160 valence electrons. The number of ketones is 1. The molecule has 2 aromatic carbocycles. The van der Waals surface area contributed by atoms with Crippen molar-refractivity contribution in [1.29, 1.82) is 0 Å². The molecule has 0 bridgehead atoms. The molecule has 0 aliphatic rings. The Labute approximate surface area is 172 Å². The van der Waals surface area contributed by atoms with Gasteiger partial charge in [-0.15, -0.1) is 0 Å². The fourth-order valence-electron chi connectivity index (χ4n) is 2.63. The van der Waals surface area contributed by atoms with Crippen molar-refractivity contribution in [2.24, 2.45) is 0 Å². The van der Waals surface area contributed by atoms with Crippen LogP contribution < -0.4 is 14.8 Å². The van der Waals surface area contributed by atoms with Gasteiger partial charge in [0.05, 0.1) is 30.5 Å². The van der Waals surface area contributed by atoms with Gasteiger partial charge in [0.1, 0.15) is 0 Å². The standard InChI is InChI=1S/C22H22F3NO4/c1-4-11-30-20-13-15(9-10-19(20)29-3)12-16(14(2)27)21(28)26-18-8-6-5-7-17(18)22(23,24)25/h5-10,12-13H,4,11H2,1-3H3,(H,26,28)/b16-12+. The van der Waals surface area contributed by atoms with Gasteiger partial charge in [-0.3, -0.25) is 9.59 Å². The van der Waals surface area contributed by atoms with Gasteiger partial charge in [0.25, 0.3) is 5.91 Å². The molecule has 0 heterocycles. The Morgan fingerprint density at radius 3 is 2.40 bits per heavy atom. The Morgan fingerprint density at radius 1 is 1.10 bits per heavy atom. The second kappa shape index (κ2) is 9.96. The van der Waals surface area contributed by atoms with Gasteiger partial charge in [0.2, 0.25) is 0 Å². The summed E-state index contributed by atoms with van der Waals surface area (Å²) in [6, 6.07) is 9.38. The van der Waals surface area contributed by atoms with Crippen molar-refractivity contribution in [3.8, 4) is 11.5 Å². The van der Waals surface area contributed by atoms with Crippen LogP contribution in [0, 0.1) is 0 Å². The van der Waals surface area contributed by atoms with Crippen LogP contribution in [0.3, 0.4) is 0 Å². The number of carbonyl (C=O) groups is 2. The van der Waals surface area contributed by atoms with Crippen molar-refractivity contribution in [1.82, 2.24) is 0 Å². The zero-order chi connectivity index (χ0) is 22.3. The molecular weight excluding hydrogens is 399 g/mol. The first-order chi connectivity index (χ1) is 14.2. The Balaban J connectivity index is 2.38. The minimum absolute atomic E-state index is 0.293. The predicted molar refractivity (Wildman–Crippen MR) is 108 cm³/mol. The van der Waals surface area contributed by atoms with E-state index in [1.807, 2.05) is 6.92 Å². The van der Waals surface area contributed by atoms with E-state index < -0.39 is 29.1 Å². The number of hydrogen-bond donors (Lipinski definition) is 1. The van der Waals surface area contributed by atoms with E-state index in [1.54, 1.807) is 18.2 Å². The number of alkyl halides is 3. The fourth-order valence-corrected chi connectivity index (χ4v) is 2.63. The zero-order valence-electron chi connectivity index (χ0n) is 16.8. The van der Waals surface area contributed by atoms with E-state index in [4.69, 9.17) is 9.47 Å². The second-order valence-corrected chi connectivity index (χ2v) is 6.37. The molecule has 0 aromatic heterocycles. The van der Waals surface area contributed by atoms with E-state index in [2.05, 4.69) is 5.32 Å². The Kier molecular flexibility index (Phi) is 7.63. The number of ether oxygens (including phenoxy) is 2. The number of benzene rings is 2. The molecule has 2 rings (SSSR count). The lowest BCUT2D eigenvalue weighted by Gasteiger charge is -2.14. The summed E-state index contributed by atoms with van der Waals surface area (Å²) in [5.41, 5.74) is -1.25. The van der Waals surface area contributed by atoms with E-state index in [1.165, 1.54) is 32.2 Å². The van der Waals surface area contributed by atoms with Crippen LogP contribution in [0.1, 0.15) is 31.4 Å². The molecule has 1 N–H and O–H groups in total. The summed E-state index contributed by atoms with van der Waals surface area (Å²) in [7, 11) is 1.48. The first-order valence-corrected chi connectivity index (χ1v) is 9.18. The SMILES string of the molecule is CCCOc1cc(/C=C(\C(C)=O)C(=O)Nc2ccccc2C(F)(F)F)ccc1OC. The number of halogens is 3. The summed E-state index contributed by atoms with van der Waals surface area (Å²) in [5.74, 6) is -0.623. The third-order valence-corrected chi connectivity index (χ3v) is 4.06. The van der Waals surface area contributed by atoms with Gasteiger partial charge in [-0.05, 0) is 49.2 Å². The van der Waals surface area contributed by atoms with Crippen LogP contribution >= 0.6 is 0 Å². The molecule has 0 saturated heterocycles. The van der Waals surface area contributed by atoms with E-state index in [0.717, 1.165) is 18.6 Å². The number of nitrogens with one attached hydrogen (secondary N) is 1. The van der Waals surface area contributed by atoms with Gasteiger partial charge in [0.15, 0.2) is 17.3 Å². The van der Waals surface area contributed by atoms with Crippen LogP contribution in [0.15, 0.2) is 48.0 Å². The van der Waals surface area contributed by atoms with E-state index in [-0.39, 0.29) is 5.57 Å². The number of hydrogen-bond acceptors (Lipinski definition) is 4. The third-order valence-electron chi connectivity index (χ3n) is 4.06. The molecule has 5 nitrogen and oxygen atoms in total. The molecule has 0 spiro atoms. The Bertz CT molecular complexity index is 952. The van der Waals surface area contributed by atoms with E-state index in [9.17, 15) is 22.8 Å². The summed E-state index contributed by atoms with van der Waals surface area (Å²) >= 11 is 0. The summed E-state index contributed by atoms with van der Waals surface area (Å²) in [6.45, 7) is 3.55. The molecular formula is C22H22F3NO4. The number of amides is 1. The maximum Gasteiger partial charge on any atom is 0.418 e. The highest BCUT2D eigenvalue weighted by atomic mass is 19.4. The lowest BCUT2D eigenvalue weighted by Crippen LogP contribution is -2.21. The average Bonchev–Trinajstić information content (AvgIpc) is 2.69. The van der Waals surface area contributed by atoms with Gasteiger partial charge >= 0.3 is 6.18 Å². The zero-order valence-corrected chi connectivity index (χ0v) is 16.8. The maximum atomic E-state index is 13.2. The van der Waals surface area contributed by atoms with Crippen LogP contribution in [0.4, 0.5) is 18.9 Å². The van der Waals surface area contributed by atoms with Crippen molar-refractivity contribution in [3.05, 3.63) is 59.2 Å². The van der Waals surface area contributed by atoms with Crippen LogP contribution in [0.5, 0.6) is 11.5 Å². The summed E-state index contributed by atoms with van der Waals surface area (Å²) < 4.78 is 50.3. The van der Waals surface area contributed by atoms with Crippen LogP contribution in [0.2, 0.25) is 0 Å². The summed E-state index contributed by atoms with van der Waals surface area (Å²) in [5, 5.41) is 2.19. The molecule has 30 heavy (non-hydrogen) atoms. The molecule has 0 aliphatic carbocycles. The minimum Gasteiger partial charge on any atom is -0.493 e. The number of methoxy groups -OCH3 is 1. The van der Waals surface area contributed by atoms with Crippen molar-refractivity contribution in [3.63, 3.8) is 0 Å². The molecule has 0 aliphatic heterocycles. The highest BCUT2D eigenvalue weighted by molar-refractivity contribution is 6.25. The highest BCUT2D eigenvalue weighted by Crippen LogP contribution is 2.35. The van der Waals surface area contributed by atoms with Crippen molar-refractivity contribution in [2.75, 3.05) is 19.0 Å². The monoisotopic (exact) mass is 421 g/mol. The van der Waals surface area contributed by atoms with E-state index >= 15 is 0 Å². The average molecular weight is 421 g/mol. The van der Waals surface area contributed by atoms with Crippen LogP contribution in [-0.2, 0) is 15.8 Å². The summed E-state index contributed by atoms with van der Waals surface area (Å²) in [6.07, 6.45) is -2.58. The van der Waals surface area contributed by atoms with Crippen molar-refractivity contribution in [2.45, 2.75) is 26.4 Å². The molecule has 0 radical (unpaired) electrons. The molecule has 0 atom stereocenters. The lowest BCUT2D eigenvalue weighted by molar-refractivity contribution is -0.137. The topological polar surface area (TPSA) is 64.6 Å². The van der Waals surface area contributed by atoms with Crippen molar-refractivity contribution < 1.29 is 32.2 Å². The smallest absolute Gasteiger partial charge is 0.418 e. The van der Waals surface area contributed by atoms with E-state index in [0.29, 0.717) is 23.7 Å². The van der Waals surface area contributed by atoms with Crippen LogP contribution in [-0.4, -0.2) is 25.4 Å². The Morgan fingerprint density at radius 2 is 1.80 bits per heavy atom. The number of carbonyl (C=O) groups excluding carboxylic acids is 2. The van der Waals surface area contributed by atoms with Gasteiger partial charge in [-0.25, -0.2) is 0 Å². The number of rotatable bonds is 8. The number of anilines is 1. The highest BCUT2D eigenvalue weighted by Gasteiger charge is 2.33. The molecule has 0 fully saturated rings. The normalized spacial score (nSPS) is 11.7. The van der Waals surface area contributed by atoms with Gasteiger partial charge < -0.3 is 14.8 Å². The summed E-state index contributed by atoms with van der Waals surface area (Å²) in [4.78, 5) is 24.6. The first-order valence-electron chi connectivity index (χ1n) is 9.18. The molecule has 8 heteroatoms. The molecule has 1 amide bonds. The molecule has 0 saturated carbocycles. The molecule has 2 aromatic rings. The quantitative estimate of drug-likeness (QED) is 0.365. The predicted octanol–water partition coefficient (Wildman–Crippen LogP) is 5.11. The largest absolute Gasteiger partial charge is 0.493 e. The third kappa shape index (κ3) is 5.85.